The van der Waals surface area contributed by atoms with Crippen molar-refractivity contribution in [2.75, 3.05) is 13.7 Å². The summed E-state index contributed by atoms with van der Waals surface area (Å²) in [6.07, 6.45) is 6.20. The van der Waals surface area contributed by atoms with E-state index in [-0.39, 0.29) is 30.4 Å². The van der Waals surface area contributed by atoms with Crippen LogP contribution in [0.3, 0.4) is 0 Å². The molecule has 1 saturated heterocycles. The summed E-state index contributed by atoms with van der Waals surface area (Å²) in [4.78, 5) is 24.6. The average Bonchev–Trinajstić information content (AvgIpc) is 2.87. The van der Waals surface area contributed by atoms with E-state index in [1.807, 2.05) is 0 Å². The molecular weight excluding hydrogens is 308 g/mol. The zero-order valence-corrected chi connectivity index (χ0v) is 14.0. The predicted molar refractivity (Wildman–Crippen MR) is 84.8 cm³/mol. The number of hydrogen-bond donors (Lipinski definition) is 2. The Hall–Kier alpha value is -0.850. The Morgan fingerprint density at radius 2 is 1.86 bits per heavy atom. The van der Waals surface area contributed by atoms with Gasteiger partial charge in [-0.25, -0.2) is 4.79 Å². The van der Waals surface area contributed by atoms with Gasteiger partial charge in [0.1, 0.15) is 11.6 Å². The third-order valence-corrected chi connectivity index (χ3v) is 4.56. The number of nitrogens with one attached hydrogen (secondary N) is 1. The van der Waals surface area contributed by atoms with Gasteiger partial charge in [0.25, 0.3) is 0 Å². The van der Waals surface area contributed by atoms with Crippen LogP contribution in [-0.4, -0.2) is 43.3 Å². The van der Waals surface area contributed by atoms with Crippen LogP contribution in [0.1, 0.15) is 51.4 Å². The summed E-state index contributed by atoms with van der Waals surface area (Å²) in [6, 6.07) is 0. The summed E-state index contributed by atoms with van der Waals surface area (Å²) in [6.45, 7) is 0.423. The van der Waals surface area contributed by atoms with Crippen molar-refractivity contribution in [2.24, 2.45) is 5.73 Å². The van der Waals surface area contributed by atoms with Crippen molar-refractivity contribution in [3.8, 4) is 0 Å². The maximum atomic E-state index is 12.4. The first kappa shape index (κ1) is 19.2. The highest BCUT2D eigenvalue weighted by Crippen LogP contribution is 2.29. The number of halogens is 1. The van der Waals surface area contributed by atoms with E-state index in [9.17, 15) is 9.59 Å². The van der Waals surface area contributed by atoms with Gasteiger partial charge < -0.3 is 20.5 Å². The second-order valence-electron chi connectivity index (χ2n) is 6.04. The van der Waals surface area contributed by atoms with Crippen LogP contribution in [0.15, 0.2) is 0 Å². The molecule has 3 N–H and O–H groups in total. The van der Waals surface area contributed by atoms with E-state index < -0.39 is 11.6 Å². The number of rotatable bonds is 4. The van der Waals surface area contributed by atoms with Gasteiger partial charge in [-0.2, -0.15) is 0 Å². The number of carbonyl (C=O) groups is 2. The van der Waals surface area contributed by atoms with Crippen LogP contribution in [0.2, 0.25) is 0 Å². The van der Waals surface area contributed by atoms with Crippen molar-refractivity contribution in [1.29, 1.82) is 0 Å². The first-order valence-electron chi connectivity index (χ1n) is 7.87. The molecule has 2 aliphatic rings. The van der Waals surface area contributed by atoms with Crippen LogP contribution in [0.4, 0.5) is 0 Å². The van der Waals surface area contributed by atoms with Crippen molar-refractivity contribution in [3.63, 3.8) is 0 Å². The van der Waals surface area contributed by atoms with Gasteiger partial charge in [-0.1, -0.05) is 25.7 Å². The number of esters is 1. The number of amides is 1. The number of ether oxygens (including phenoxy) is 2. The molecule has 0 spiro atoms. The van der Waals surface area contributed by atoms with Gasteiger partial charge in [-0.15, -0.1) is 12.4 Å². The Morgan fingerprint density at radius 3 is 2.36 bits per heavy atom. The van der Waals surface area contributed by atoms with E-state index in [4.69, 9.17) is 15.2 Å². The summed E-state index contributed by atoms with van der Waals surface area (Å²) < 4.78 is 10.6. The zero-order chi connectivity index (χ0) is 15.3. The molecule has 0 unspecified atom stereocenters. The molecule has 7 heteroatoms. The predicted octanol–water partition coefficient (Wildman–Crippen LogP) is 1.30. The fourth-order valence-corrected chi connectivity index (χ4v) is 3.30. The highest BCUT2D eigenvalue weighted by molar-refractivity contribution is 5.90. The molecule has 1 aliphatic heterocycles. The van der Waals surface area contributed by atoms with Crippen molar-refractivity contribution >= 4 is 24.3 Å². The molecule has 1 heterocycles. The van der Waals surface area contributed by atoms with Gasteiger partial charge >= 0.3 is 5.97 Å². The Labute approximate surface area is 137 Å². The van der Waals surface area contributed by atoms with Gasteiger partial charge in [0.2, 0.25) is 5.91 Å². The lowest BCUT2D eigenvalue weighted by Crippen LogP contribution is -2.57. The summed E-state index contributed by atoms with van der Waals surface area (Å²) in [5.41, 5.74) is 4.68. The number of carbonyl (C=O) groups excluding carboxylic acids is 2. The molecule has 1 saturated carbocycles. The highest BCUT2D eigenvalue weighted by Gasteiger charge is 2.43. The normalized spacial score (nSPS) is 27.4. The molecule has 1 amide bonds. The lowest BCUT2D eigenvalue weighted by atomic mass is 9.89. The van der Waals surface area contributed by atoms with E-state index in [1.54, 1.807) is 0 Å². The third-order valence-electron chi connectivity index (χ3n) is 4.56. The van der Waals surface area contributed by atoms with E-state index >= 15 is 0 Å². The van der Waals surface area contributed by atoms with E-state index in [2.05, 4.69) is 5.32 Å². The first-order valence-corrected chi connectivity index (χ1v) is 7.87. The molecule has 1 aliphatic carbocycles. The van der Waals surface area contributed by atoms with Crippen LogP contribution in [0.5, 0.6) is 0 Å². The second-order valence-corrected chi connectivity index (χ2v) is 6.04. The van der Waals surface area contributed by atoms with E-state index in [0.717, 1.165) is 32.1 Å². The van der Waals surface area contributed by atoms with Gasteiger partial charge in [0.15, 0.2) is 0 Å². The lowest BCUT2D eigenvalue weighted by molar-refractivity contribution is -0.153. The smallest absolute Gasteiger partial charge is 0.331 e. The summed E-state index contributed by atoms with van der Waals surface area (Å²) in [5.74, 6) is -0.552. The zero-order valence-electron chi connectivity index (χ0n) is 13.1. The minimum absolute atomic E-state index is 0. The first-order chi connectivity index (χ1) is 10.1. The molecule has 2 fully saturated rings. The number of nitrogens with two attached hydrogens (primary N) is 1. The third kappa shape index (κ3) is 4.33. The second kappa shape index (κ2) is 8.70. The Kier molecular flexibility index (Phi) is 7.59. The van der Waals surface area contributed by atoms with Crippen LogP contribution in [0, 0.1) is 0 Å². The molecular formula is C15H27ClN2O4. The van der Waals surface area contributed by atoms with Gasteiger partial charge in [-0.05, 0) is 25.7 Å². The SMILES string of the molecule is COC(=O)C1(NC(=O)[C@@H]2CC[C@H](CN)O2)CCCCCC1.Cl. The van der Waals surface area contributed by atoms with E-state index in [1.165, 1.54) is 7.11 Å². The van der Waals surface area contributed by atoms with Crippen molar-refractivity contribution in [2.45, 2.75) is 69.1 Å². The van der Waals surface area contributed by atoms with Crippen LogP contribution in [-0.2, 0) is 19.1 Å². The number of hydrogen-bond acceptors (Lipinski definition) is 5. The quantitative estimate of drug-likeness (QED) is 0.597. The number of methoxy groups -OCH3 is 1. The minimum Gasteiger partial charge on any atom is -0.467 e. The maximum absolute atomic E-state index is 12.4. The molecule has 22 heavy (non-hydrogen) atoms. The Morgan fingerprint density at radius 1 is 1.23 bits per heavy atom. The summed E-state index contributed by atoms with van der Waals surface area (Å²) in [7, 11) is 1.37. The van der Waals surface area contributed by atoms with Gasteiger partial charge in [0.05, 0.1) is 13.2 Å². The van der Waals surface area contributed by atoms with E-state index in [0.29, 0.717) is 25.8 Å². The molecule has 0 radical (unpaired) electrons. The molecule has 0 aromatic heterocycles. The van der Waals surface area contributed by atoms with Crippen LogP contribution < -0.4 is 11.1 Å². The largest absolute Gasteiger partial charge is 0.467 e. The fraction of sp³-hybridized carbons (Fsp3) is 0.867. The van der Waals surface area contributed by atoms with Crippen molar-refractivity contribution in [1.82, 2.24) is 5.32 Å². The monoisotopic (exact) mass is 334 g/mol. The lowest BCUT2D eigenvalue weighted by Gasteiger charge is -2.31. The maximum Gasteiger partial charge on any atom is 0.331 e. The Bertz CT molecular complexity index is 384. The average molecular weight is 335 g/mol. The Balaban J connectivity index is 0.00000242. The minimum atomic E-state index is -0.882. The van der Waals surface area contributed by atoms with Crippen LogP contribution in [0.25, 0.3) is 0 Å². The molecule has 6 nitrogen and oxygen atoms in total. The summed E-state index contributed by atoms with van der Waals surface area (Å²) in [5, 5.41) is 2.93. The molecule has 0 aromatic carbocycles. The fourth-order valence-electron chi connectivity index (χ4n) is 3.30. The molecule has 128 valence electrons. The van der Waals surface area contributed by atoms with Crippen LogP contribution >= 0.6 is 12.4 Å². The van der Waals surface area contributed by atoms with Gasteiger partial charge in [-0.3, -0.25) is 4.79 Å². The molecule has 2 atom stereocenters. The molecule has 0 aromatic rings. The van der Waals surface area contributed by atoms with Gasteiger partial charge in [0, 0.05) is 6.54 Å². The molecule has 0 bridgehead atoms. The van der Waals surface area contributed by atoms with Crippen molar-refractivity contribution < 1.29 is 19.1 Å². The van der Waals surface area contributed by atoms with Crippen molar-refractivity contribution in [3.05, 3.63) is 0 Å². The standard InChI is InChI=1S/C15H26N2O4.ClH/c1-20-14(19)15(8-4-2-3-5-9-15)17-13(18)12-7-6-11(10-16)21-12;/h11-12H,2-10,16H2,1H3,(H,17,18);1H/t11-,12+;/m1./s1. The summed E-state index contributed by atoms with van der Waals surface area (Å²) >= 11 is 0. The topological polar surface area (TPSA) is 90.7 Å². The highest BCUT2D eigenvalue weighted by atomic mass is 35.5. The molecule has 2 rings (SSSR count).